The first-order chi connectivity index (χ1) is 13.6. The van der Waals surface area contributed by atoms with Crippen molar-refractivity contribution in [3.8, 4) is 22.8 Å². The predicted molar refractivity (Wildman–Crippen MR) is 104 cm³/mol. The summed E-state index contributed by atoms with van der Waals surface area (Å²) in [5.74, 6) is 0.538. The topological polar surface area (TPSA) is 79.1 Å². The van der Waals surface area contributed by atoms with Crippen molar-refractivity contribution in [3.63, 3.8) is 0 Å². The third-order valence-electron chi connectivity index (χ3n) is 4.92. The molecule has 4 rings (SSSR count). The molecule has 0 bridgehead atoms. The van der Waals surface area contributed by atoms with Crippen molar-refractivity contribution in [2.75, 3.05) is 20.3 Å². The molecule has 0 saturated carbocycles. The van der Waals surface area contributed by atoms with Crippen molar-refractivity contribution < 1.29 is 14.3 Å². The van der Waals surface area contributed by atoms with Crippen LogP contribution in [0.4, 0.5) is 0 Å². The summed E-state index contributed by atoms with van der Waals surface area (Å²) in [5, 5.41) is 4.91. The fourth-order valence-corrected chi connectivity index (χ4v) is 3.54. The second kappa shape index (κ2) is 7.52. The highest BCUT2D eigenvalue weighted by Gasteiger charge is 2.23. The Hall–Kier alpha value is -3.06. The molecule has 0 saturated heterocycles. The van der Waals surface area contributed by atoms with Gasteiger partial charge in [-0.05, 0) is 31.5 Å². The number of fused-ring (bicyclic) bond motifs is 1. The second-order valence-electron chi connectivity index (χ2n) is 6.80. The first-order valence-corrected chi connectivity index (χ1v) is 9.25. The smallest absolute Gasteiger partial charge is 0.216 e. The van der Waals surface area contributed by atoms with Crippen LogP contribution in [0.5, 0.6) is 5.88 Å². The number of Topliss-reactive ketones (excluding diaryl/α,β-unsaturated/α-hetero) is 1. The Bertz CT molecular complexity index is 1040. The number of pyridine rings is 2. The molecule has 0 amide bonds. The van der Waals surface area contributed by atoms with Crippen molar-refractivity contribution in [1.82, 2.24) is 19.7 Å². The molecule has 0 fully saturated rings. The average molecular weight is 378 g/mol. The normalized spacial score (nSPS) is 13.7. The number of aryl methyl sites for hydroxylation is 1. The number of hydrogen-bond donors (Lipinski definition) is 0. The molecule has 0 atom stereocenters. The van der Waals surface area contributed by atoms with Crippen LogP contribution >= 0.6 is 0 Å². The zero-order valence-electron chi connectivity index (χ0n) is 16.2. The standard InChI is InChI=1S/C21H22N4O3/c1-13-10-16(12-23-21(13)27-3)25-19-6-9-28-8-5-17(19)20(24-25)15-4-7-22-18(11-15)14(2)26/h4,7,10-12H,5-6,8-9H2,1-3H3. The molecule has 0 N–H and O–H groups in total. The summed E-state index contributed by atoms with van der Waals surface area (Å²) in [6.45, 7) is 4.78. The number of hydrogen-bond acceptors (Lipinski definition) is 6. The summed E-state index contributed by atoms with van der Waals surface area (Å²) >= 11 is 0. The van der Waals surface area contributed by atoms with Crippen LogP contribution in [-0.4, -0.2) is 45.9 Å². The van der Waals surface area contributed by atoms with Crippen LogP contribution in [0.3, 0.4) is 0 Å². The lowest BCUT2D eigenvalue weighted by Crippen LogP contribution is -2.06. The Balaban J connectivity index is 1.88. The lowest BCUT2D eigenvalue weighted by atomic mass is 10.0. The van der Waals surface area contributed by atoms with Gasteiger partial charge in [0.05, 0.1) is 43.6 Å². The first kappa shape index (κ1) is 18.3. The molecule has 0 radical (unpaired) electrons. The Kier molecular flexibility index (Phi) is 4.92. The Labute approximate surface area is 163 Å². The number of rotatable bonds is 4. The number of methoxy groups -OCH3 is 1. The maximum Gasteiger partial charge on any atom is 0.216 e. The Morgan fingerprint density at radius 3 is 2.79 bits per heavy atom. The van der Waals surface area contributed by atoms with Gasteiger partial charge in [0, 0.05) is 36.2 Å². The van der Waals surface area contributed by atoms with E-state index in [2.05, 4.69) is 9.97 Å². The SMILES string of the molecule is COc1ncc(-n2nc(-c3ccnc(C(C)=O)c3)c3c2CCOCC3)cc1C. The highest BCUT2D eigenvalue weighted by atomic mass is 16.5. The van der Waals surface area contributed by atoms with Gasteiger partial charge in [0.25, 0.3) is 0 Å². The van der Waals surface area contributed by atoms with Gasteiger partial charge in [-0.25, -0.2) is 9.67 Å². The lowest BCUT2D eigenvalue weighted by Gasteiger charge is -2.09. The third kappa shape index (κ3) is 3.29. The maximum atomic E-state index is 11.8. The fraction of sp³-hybridized carbons (Fsp3) is 0.333. The molecule has 0 unspecified atom stereocenters. The van der Waals surface area contributed by atoms with Crippen molar-refractivity contribution in [2.45, 2.75) is 26.7 Å². The van der Waals surface area contributed by atoms with Gasteiger partial charge >= 0.3 is 0 Å². The summed E-state index contributed by atoms with van der Waals surface area (Å²) in [6, 6.07) is 5.71. The van der Waals surface area contributed by atoms with Crippen LogP contribution in [0.2, 0.25) is 0 Å². The Morgan fingerprint density at radius 1 is 1.21 bits per heavy atom. The summed E-state index contributed by atoms with van der Waals surface area (Å²) in [6.07, 6.45) is 4.95. The molecule has 3 aromatic heterocycles. The fourth-order valence-electron chi connectivity index (χ4n) is 3.54. The van der Waals surface area contributed by atoms with Gasteiger partial charge in [0.2, 0.25) is 5.88 Å². The molecule has 0 aliphatic carbocycles. The molecule has 7 nitrogen and oxygen atoms in total. The van der Waals surface area contributed by atoms with Crippen LogP contribution in [0.25, 0.3) is 16.9 Å². The number of carbonyl (C=O) groups is 1. The van der Waals surface area contributed by atoms with Crippen LogP contribution in [0.15, 0.2) is 30.6 Å². The van der Waals surface area contributed by atoms with Crippen LogP contribution in [-0.2, 0) is 17.6 Å². The number of aromatic nitrogens is 4. The van der Waals surface area contributed by atoms with Crippen molar-refractivity contribution >= 4 is 5.78 Å². The van der Waals surface area contributed by atoms with Gasteiger partial charge < -0.3 is 9.47 Å². The molecule has 4 heterocycles. The summed E-state index contributed by atoms with van der Waals surface area (Å²) in [5.41, 5.74) is 6.26. The average Bonchev–Trinajstić information content (AvgIpc) is 2.89. The van der Waals surface area contributed by atoms with E-state index in [1.165, 1.54) is 6.92 Å². The summed E-state index contributed by atoms with van der Waals surface area (Å²) < 4.78 is 12.9. The minimum atomic E-state index is -0.0642. The molecule has 144 valence electrons. The van der Waals surface area contributed by atoms with Crippen LogP contribution in [0.1, 0.15) is 34.2 Å². The minimum absolute atomic E-state index is 0.0642. The minimum Gasteiger partial charge on any atom is -0.481 e. The summed E-state index contributed by atoms with van der Waals surface area (Å²) in [4.78, 5) is 20.3. The van der Waals surface area contributed by atoms with Gasteiger partial charge in [-0.1, -0.05) is 0 Å². The quantitative estimate of drug-likeness (QED) is 0.650. The van der Waals surface area contributed by atoms with Crippen LogP contribution in [0, 0.1) is 6.92 Å². The van der Waals surface area contributed by atoms with Gasteiger partial charge in [-0.15, -0.1) is 0 Å². The van der Waals surface area contributed by atoms with Gasteiger partial charge in [0.15, 0.2) is 5.78 Å². The van der Waals surface area contributed by atoms with Crippen LogP contribution < -0.4 is 4.74 Å². The Morgan fingerprint density at radius 2 is 2.04 bits per heavy atom. The highest BCUT2D eigenvalue weighted by Crippen LogP contribution is 2.30. The summed E-state index contributed by atoms with van der Waals surface area (Å²) in [7, 11) is 1.61. The van der Waals surface area contributed by atoms with Gasteiger partial charge in [0.1, 0.15) is 5.69 Å². The molecular formula is C21H22N4O3. The number of ether oxygens (including phenoxy) is 2. The van der Waals surface area contributed by atoms with E-state index >= 15 is 0 Å². The molecule has 0 spiro atoms. The molecular weight excluding hydrogens is 356 g/mol. The van der Waals surface area contributed by atoms with E-state index in [-0.39, 0.29) is 5.78 Å². The van der Waals surface area contributed by atoms with Gasteiger partial charge in [-0.2, -0.15) is 5.10 Å². The maximum absolute atomic E-state index is 11.8. The van der Waals surface area contributed by atoms with E-state index in [4.69, 9.17) is 14.6 Å². The number of nitrogens with zero attached hydrogens (tertiary/aromatic N) is 4. The number of ketones is 1. The predicted octanol–water partition coefficient (Wildman–Crippen LogP) is 2.96. The van der Waals surface area contributed by atoms with E-state index in [0.29, 0.717) is 24.8 Å². The molecule has 28 heavy (non-hydrogen) atoms. The second-order valence-corrected chi connectivity index (χ2v) is 6.80. The highest BCUT2D eigenvalue weighted by molar-refractivity contribution is 5.93. The molecule has 1 aliphatic heterocycles. The molecule has 1 aliphatic rings. The van der Waals surface area contributed by atoms with Crippen molar-refractivity contribution in [2.24, 2.45) is 0 Å². The third-order valence-corrected chi connectivity index (χ3v) is 4.92. The number of carbonyl (C=O) groups excluding carboxylic acids is 1. The van der Waals surface area contributed by atoms with Crippen molar-refractivity contribution in [1.29, 1.82) is 0 Å². The zero-order valence-corrected chi connectivity index (χ0v) is 16.2. The van der Waals surface area contributed by atoms with Gasteiger partial charge in [-0.3, -0.25) is 9.78 Å². The largest absolute Gasteiger partial charge is 0.481 e. The van der Waals surface area contributed by atoms with E-state index < -0.39 is 0 Å². The molecule has 7 heteroatoms. The first-order valence-electron chi connectivity index (χ1n) is 9.25. The van der Waals surface area contributed by atoms with E-state index in [1.807, 2.05) is 23.7 Å². The van der Waals surface area contributed by atoms with Crippen molar-refractivity contribution in [3.05, 3.63) is 53.1 Å². The lowest BCUT2D eigenvalue weighted by molar-refractivity contribution is 0.101. The monoisotopic (exact) mass is 378 g/mol. The van der Waals surface area contributed by atoms with E-state index in [0.717, 1.165) is 46.6 Å². The van der Waals surface area contributed by atoms with E-state index in [1.54, 1.807) is 25.6 Å². The van der Waals surface area contributed by atoms with E-state index in [9.17, 15) is 4.79 Å². The molecule has 3 aromatic rings. The zero-order chi connectivity index (χ0) is 19.7. The molecule has 0 aromatic carbocycles.